The molecule has 122 valence electrons. The van der Waals surface area contributed by atoms with Gasteiger partial charge >= 0.3 is 0 Å². The van der Waals surface area contributed by atoms with Crippen LogP contribution >= 0.6 is 0 Å². The van der Waals surface area contributed by atoms with Crippen molar-refractivity contribution in [2.75, 3.05) is 18.1 Å². The molecule has 0 aromatic heterocycles. The third-order valence-electron chi connectivity index (χ3n) is 5.41. The van der Waals surface area contributed by atoms with E-state index in [2.05, 4.69) is 29.3 Å². The Labute approximate surface area is 136 Å². The van der Waals surface area contributed by atoms with Gasteiger partial charge in [0.05, 0.1) is 6.04 Å². The summed E-state index contributed by atoms with van der Waals surface area (Å²) in [6.45, 7) is 1.47. The molecule has 5 heteroatoms. The van der Waals surface area contributed by atoms with Gasteiger partial charge in [0.1, 0.15) is 6.61 Å². The highest BCUT2D eigenvalue weighted by molar-refractivity contribution is 5.95. The van der Waals surface area contributed by atoms with Gasteiger partial charge in [0.2, 0.25) is 5.91 Å². The highest BCUT2D eigenvalue weighted by atomic mass is 16.5. The molecule has 4 rings (SSSR count). The van der Waals surface area contributed by atoms with Crippen LogP contribution in [0.2, 0.25) is 0 Å². The number of nitrogens with two attached hydrogens (primary N) is 1. The van der Waals surface area contributed by atoms with Crippen LogP contribution in [0.5, 0.6) is 0 Å². The Hall–Kier alpha value is -2.04. The molecule has 0 spiro atoms. The predicted octanol–water partition coefficient (Wildman–Crippen LogP) is 2.34. The SMILES string of the molecule is NC1=N[C@@H](CCC2(c3ccc(N4CCCC4=O)cc3)CC2)CO1. The Balaban J connectivity index is 1.42. The standard InChI is InChI=1S/C18H23N3O2/c19-17-20-14(12-23-17)7-8-18(9-10-18)13-3-5-15(6-4-13)21-11-1-2-16(21)22/h3-6,14H,1-2,7-12H2,(H2,19,20)/t14-/m0/s1. The van der Waals surface area contributed by atoms with Crippen molar-refractivity contribution in [1.82, 2.24) is 0 Å². The number of nitrogens with zero attached hydrogens (tertiary/aromatic N) is 2. The lowest BCUT2D eigenvalue weighted by Crippen LogP contribution is -2.23. The molecule has 1 saturated carbocycles. The number of hydrogen-bond donors (Lipinski definition) is 1. The van der Waals surface area contributed by atoms with Gasteiger partial charge in [-0.2, -0.15) is 0 Å². The fourth-order valence-corrected chi connectivity index (χ4v) is 3.78. The van der Waals surface area contributed by atoms with Crippen LogP contribution in [0.25, 0.3) is 0 Å². The van der Waals surface area contributed by atoms with Crippen LogP contribution in [-0.2, 0) is 14.9 Å². The van der Waals surface area contributed by atoms with E-state index in [9.17, 15) is 4.79 Å². The van der Waals surface area contributed by atoms with Crippen LogP contribution < -0.4 is 10.6 Å². The third-order valence-corrected chi connectivity index (χ3v) is 5.41. The van der Waals surface area contributed by atoms with Gasteiger partial charge < -0.3 is 15.4 Å². The summed E-state index contributed by atoms with van der Waals surface area (Å²) < 4.78 is 5.23. The number of amidine groups is 1. The largest absolute Gasteiger partial charge is 0.463 e. The van der Waals surface area contributed by atoms with E-state index >= 15 is 0 Å². The topological polar surface area (TPSA) is 67.9 Å². The Morgan fingerprint density at radius 3 is 2.65 bits per heavy atom. The first-order valence-corrected chi connectivity index (χ1v) is 8.53. The highest BCUT2D eigenvalue weighted by Gasteiger charge is 2.44. The number of rotatable bonds is 5. The molecule has 23 heavy (non-hydrogen) atoms. The molecule has 0 unspecified atom stereocenters. The molecule has 1 amide bonds. The molecule has 1 saturated heterocycles. The smallest absolute Gasteiger partial charge is 0.282 e. The van der Waals surface area contributed by atoms with E-state index < -0.39 is 0 Å². The lowest BCUT2D eigenvalue weighted by Gasteiger charge is -2.20. The molecule has 2 heterocycles. The van der Waals surface area contributed by atoms with Crippen molar-refractivity contribution in [3.8, 4) is 0 Å². The summed E-state index contributed by atoms with van der Waals surface area (Å²) >= 11 is 0. The maximum Gasteiger partial charge on any atom is 0.282 e. The van der Waals surface area contributed by atoms with E-state index in [0.29, 0.717) is 24.5 Å². The van der Waals surface area contributed by atoms with Crippen molar-refractivity contribution in [2.45, 2.75) is 50.0 Å². The molecular formula is C18H23N3O2. The molecule has 5 nitrogen and oxygen atoms in total. The van der Waals surface area contributed by atoms with E-state index in [1.807, 2.05) is 4.90 Å². The molecule has 2 fully saturated rings. The second-order valence-corrected chi connectivity index (χ2v) is 6.95. The second-order valence-electron chi connectivity index (χ2n) is 6.95. The molecule has 0 bridgehead atoms. The van der Waals surface area contributed by atoms with Gasteiger partial charge in [-0.1, -0.05) is 12.1 Å². The minimum absolute atomic E-state index is 0.217. The molecule has 3 aliphatic rings. The van der Waals surface area contributed by atoms with Crippen molar-refractivity contribution in [1.29, 1.82) is 0 Å². The van der Waals surface area contributed by atoms with Crippen LogP contribution in [0.15, 0.2) is 29.3 Å². The van der Waals surface area contributed by atoms with Crippen LogP contribution in [-0.4, -0.2) is 31.1 Å². The van der Waals surface area contributed by atoms with E-state index in [1.165, 1.54) is 18.4 Å². The summed E-state index contributed by atoms with van der Waals surface area (Å²) in [7, 11) is 0. The fraction of sp³-hybridized carbons (Fsp3) is 0.556. The van der Waals surface area contributed by atoms with Crippen molar-refractivity contribution in [3.63, 3.8) is 0 Å². The first-order chi connectivity index (χ1) is 11.2. The van der Waals surface area contributed by atoms with Gasteiger partial charge in [0.25, 0.3) is 6.02 Å². The van der Waals surface area contributed by atoms with E-state index in [4.69, 9.17) is 10.5 Å². The number of carbonyl (C=O) groups is 1. The molecule has 1 aromatic rings. The summed E-state index contributed by atoms with van der Waals surface area (Å²) in [5.74, 6) is 0.246. The Bertz CT molecular complexity index is 634. The third kappa shape index (κ3) is 2.80. The van der Waals surface area contributed by atoms with Crippen LogP contribution in [0.3, 0.4) is 0 Å². The summed E-state index contributed by atoms with van der Waals surface area (Å²) in [5, 5.41) is 0. The molecule has 2 aliphatic heterocycles. The monoisotopic (exact) mass is 313 g/mol. The molecule has 2 N–H and O–H groups in total. The number of amides is 1. The zero-order chi connectivity index (χ0) is 15.9. The lowest BCUT2D eigenvalue weighted by atomic mass is 9.89. The maximum absolute atomic E-state index is 11.8. The van der Waals surface area contributed by atoms with Crippen molar-refractivity contribution < 1.29 is 9.53 Å². The number of aliphatic imine (C=N–C) groups is 1. The number of anilines is 1. The average molecular weight is 313 g/mol. The zero-order valence-corrected chi connectivity index (χ0v) is 13.3. The van der Waals surface area contributed by atoms with Crippen molar-refractivity contribution >= 4 is 17.6 Å². The summed E-state index contributed by atoms with van der Waals surface area (Å²) in [4.78, 5) is 18.1. The summed E-state index contributed by atoms with van der Waals surface area (Å²) in [5.41, 5.74) is 8.31. The highest BCUT2D eigenvalue weighted by Crippen LogP contribution is 2.52. The molecule has 1 atom stereocenters. The van der Waals surface area contributed by atoms with Gasteiger partial charge in [-0.3, -0.25) is 4.79 Å². The summed E-state index contributed by atoms with van der Waals surface area (Å²) in [6.07, 6.45) is 6.27. The van der Waals surface area contributed by atoms with E-state index in [-0.39, 0.29) is 11.9 Å². The first-order valence-electron chi connectivity index (χ1n) is 8.53. The number of ether oxygens (including phenoxy) is 1. The lowest BCUT2D eigenvalue weighted by molar-refractivity contribution is -0.117. The van der Waals surface area contributed by atoms with Crippen molar-refractivity contribution in [2.24, 2.45) is 10.7 Å². The van der Waals surface area contributed by atoms with E-state index in [1.54, 1.807) is 0 Å². The maximum atomic E-state index is 11.8. The molecule has 1 aromatic carbocycles. The second kappa shape index (κ2) is 5.55. The molecule has 1 aliphatic carbocycles. The number of carbonyl (C=O) groups excluding carboxylic acids is 1. The molecular weight excluding hydrogens is 290 g/mol. The minimum Gasteiger partial charge on any atom is -0.463 e. The van der Waals surface area contributed by atoms with Gasteiger partial charge in [-0.25, -0.2) is 4.99 Å². The van der Waals surface area contributed by atoms with E-state index in [0.717, 1.165) is 31.5 Å². The average Bonchev–Trinajstić information content (AvgIpc) is 3.05. The van der Waals surface area contributed by atoms with Crippen molar-refractivity contribution in [3.05, 3.63) is 29.8 Å². The zero-order valence-electron chi connectivity index (χ0n) is 13.3. The fourth-order valence-electron chi connectivity index (χ4n) is 3.78. The van der Waals surface area contributed by atoms with Gasteiger partial charge in [0, 0.05) is 18.7 Å². The molecule has 0 radical (unpaired) electrons. The van der Waals surface area contributed by atoms with Crippen LogP contribution in [0, 0.1) is 0 Å². The minimum atomic E-state index is 0.217. The Kier molecular flexibility index (Phi) is 3.51. The predicted molar refractivity (Wildman–Crippen MR) is 89.5 cm³/mol. The van der Waals surface area contributed by atoms with Gasteiger partial charge in [-0.15, -0.1) is 0 Å². The van der Waals surface area contributed by atoms with Crippen LogP contribution in [0.1, 0.15) is 44.1 Å². The first kappa shape index (κ1) is 14.5. The number of benzene rings is 1. The number of hydrogen-bond acceptors (Lipinski definition) is 4. The Morgan fingerprint density at radius 2 is 2.09 bits per heavy atom. The Morgan fingerprint density at radius 1 is 1.30 bits per heavy atom. The van der Waals surface area contributed by atoms with Crippen LogP contribution in [0.4, 0.5) is 5.69 Å². The quantitative estimate of drug-likeness (QED) is 0.907. The van der Waals surface area contributed by atoms with Gasteiger partial charge in [-0.05, 0) is 55.2 Å². The normalized spacial score (nSPS) is 25.4. The van der Waals surface area contributed by atoms with Gasteiger partial charge in [0.15, 0.2) is 0 Å². The summed E-state index contributed by atoms with van der Waals surface area (Å²) in [6, 6.07) is 9.17.